The van der Waals surface area contributed by atoms with Crippen molar-refractivity contribution in [3.63, 3.8) is 0 Å². The minimum Gasteiger partial charge on any atom is -0.445 e. The third-order valence-electron chi connectivity index (χ3n) is 2.38. The van der Waals surface area contributed by atoms with Crippen LogP contribution in [0.2, 0.25) is 0 Å². The van der Waals surface area contributed by atoms with E-state index >= 15 is 0 Å². The predicted molar refractivity (Wildman–Crippen MR) is 64.7 cm³/mol. The van der Waals surface area contributed by atoms with Crippen LogP contribution < -0.4 is 4.72 Å². The summed E-state index contributed by atoms with van der Waals surface area (Å²) in [5, 5.41) is 15.9. The van der Waals surface area contributed by atoms with Crippen LogP contribution in [0.3, 0.4) is 0 Å². The summed E-state index contributed by atoms with van der Waals surface area (Å²) in [6, 6.07) is 2.61. The Kier molecular flexibility index (Phi) is 3.49. The number of aliphatic hydroxyl groups is 1. The van der Waals surface area contributed by atoms with Crippen molar-refractivity contribution < 1.29 is 17.9 Å². The fraction of sp³-hybridized carbons (Fsp3) is 0.300. The predicted octanol–water partition coefficient (Wildman–Crippen LogP) is 0.375. The topological polar surface area (TPSA) is 118 Å². The molecule has 0 amide bonds. The Morgan fingerprint density at radius 2 is 2.00 bits per heavy atom. The molecule has 0 aliphatic heterocycles. The Labute approximate surface area is 109 Å². The first kappa shape index (κ1) is 13.4. The molecular formula is C10H12N4O4S. The van der Waals surface area contributed by atoms with Crippen molar-refractivity contribution >= 4 is 16.0 Å². The molecule has 0 unspecified atom stereocenters. The molecule has 0 aromatic carbocycles. The summed E-state index contributed by atoms with van der Waals surface area (Å²) in [6.07, 6.45) is 0. The molecule has 2 aromatic heterocycles. The van der Waals surface area contributed by atoms with Gasteiger partial charge in [-0.05, 0) is 26.0 Å². The van der Waals surface area contributed by atoms with Crippen LogP contribution in [0.25, 0.3) is 0 Å². The van der Waals surface area contributed by atoms with Crippen molar-refractivity contribution in [3.05, 3.63) is 29.3 Å². The van der Waals surface area contributed by atoms with E-state index < -0.39 is 10.0 Å². The molecule has 0 aliphatic rings. The van der Waals surface area contributed by atoms with Gasteiger partial charge in [0.2, 0.25) is 5.09 Å². The van der Waals surface area contributed by atoms with Gasteiger partial charge in [-0.3, -0.25) is 0 Å². The average molecular weight is 284 g/mol. The zero-order chi connectivity index (χ0) is 14.0. The first-order valence-corrected chi connectivity index (χ1v) is 6.81. The first-order chi connectivity index (χ1) is 8.92. The highest BCUT2D eigenvalue weighted by Gasteiger charge is 2.20. The van der Waals surface area contributed by atoms with E-state index in [0.717, 1.165) is 0 Å². The number of sulfonamides is 1. The highest BCUT2D eigenvalue weighted by Crippen LogP contribution is 2.16. The first-order valence-electron chi connectivity index (χ1n) is 5.32. The van der Waals surface area contributed by atoms with Gasteiger partial charge in [0.05, 0.1) is 11.4 Å². The molecule has 9 heteroatoms. The standard InChI is InChI=1S/C10H12N4O4S/c1-6-7(2)12-13-10(11-6)14-19(16,17)9-4-3-8(5-15)18-9/h3-4,15H,5H2,1-2H3,(H,11,13,14). The Hall–Kier alpha value is -2.00. The maximum absolute atomic E-state index is 11.9. The molecule has 0 bridgehead atoms. The third-order valence-corrected chi connectivity index (χ3v) is 3.58. The van der Waals surface area contributed by atoms with Crippen LogP contribution in [0.4, 0.5) is 5.95 Å². The normalized spacial score (nSPS) is 11.5. The van der Waals surface area contributed by atoms with Gasteiger partial charge in [0.1, 0.15) is 12.4 Å². The number of rotatable bonds is 4. The van der Waals surface area contributed by atoms with Gasteiger partial charge >= 0.3 is 0 Å². The lowest BCUT2D eigenvalue weighted by Gasteiger charge is -2.04. The number of hydrogen-bond donors (Lipinski definition) is 2. The molecule has 0 saturated carbocycles. The van der Waals surface area contributed by atoms with E-state index in [-0.39, 0.29) is 23.4 Å². The molecule has 0 saturated heterocycles. The van der Waals surface area contributed by atoms with E-state index in [1.165, 1.54) is 12.1 Å². The molecule has 8 nitrogen and oxygen atoms in total. The molecule has 0 radical (unpaired) electrons. The van der Waals surface area contributed by atoms with Crippen molar-refractivity contribution in [1.82, 2.24) is 15.2 Å². The number of hydrogen-bond acceptors (Lipinski definition) is 7. The lowest BCUT2D eigenvalue weighted by molar-refractivity contribution is 0.236. The summed E-state index contributed by atoms with van der Waals surface area (Å²) in [6.45, 7) is 3.03. The van der Waals surface area contributed by atoms with Gasteiger partial charge < -0.3 is 9.52 Å². The fourth-order valence-electron chi connectivity index (χ4n) is 1.26. The van der Waals surface area contributed by atoms with Crippen LogP contribution in [0.1, 0.15) is 17.1 Å². The fourth-order valence-corrected chi connectivity index (χ4v) is 2.15. The van der Waals surface area contributed by atoms with Gasteiger partial charge in [-0.1, -0.05) is 0 Å². The minimum absolute atomic E-state index is 0.134. The van der Waals surface area contributed by atoms with E-state index in [1.54, 1.807) is 13.8 Å². The lowest BCUT2D eigenvalue weighted by Crippen LogP contribution is -2.15. The van der Waals surface area contributed by atoms with Crippen LogP contribution in [-0.2, 0) is 16.6 Å². The maximum Gasteiger partial charge on any atom is 0.297 e. The van der Waals surface area contributed by atoms with E-state index in [2.05, 4.69) is 19.9 Å². The number of aromatic nitrogens is 3. The number of nitrogens with one attached hydrogen (secondary N) is 1. The monoisotopic (exact) mass is 284 g/mol. The maximum atomic E-state index is 11.9. The van der Waals surface area contributed by atoms with Crippen LogP contribution in [0.15, 0.2) is 21.6 Å². The molecule has 2 aromatic rings. The summed E-state index contributed by atoms with van der Waals surface area (Å²) >= 11 is 0. The van der Waals surface area contributed by atoms with Crippen LogP contribution in [0.5, 0.6) is 0 Å². The van der Waals surface area contributed by atoms with Crippen LogP contribution >= 0.6 is 0 Å². The van der Waals surface area contributed by atoms with E-state index in [1.807, 2.05) is 0 Å². The number of anilines is 1. The van der Waals surface area contributed by atoms with Crippen LogP contribution in [-0.4, -0.2) is 28.7 Å². The highest BCUT2D eigenvalue weighted by atomic mass is 32.2. The van der Waals surface area contributed by atoms with Gasteiger partial charge in [0, 0.05) is 0 Å². The molecule has 2 N–H and O–H groups in total. The molecular weight excluding hydrogens is 272 g/mol. The molecule has 0 spiro atoms. The van der Waals surface area contributed by atoms with Gasteiger partial charge in [-0.25, -0.2) is 9.71 Å². The summed E-state index contributed by atoms with van der Waals surface area (Å²) in [5.74, 6) is 0.0181. The van der Waals surface area contributed by atoms with Gasteiger partial charge in [-0.2, -0.15) is 13.5 Å². The highest BCUT2D eigenvalue weighted by molar-refractivity contribution is 7.92. The van der Waals surface area contributed by atoms with Crippen LogP contribution in [0, 0.1) is 13.8 Å². The van der Waals surface area contributed by atoms with Gasteiger partial charge in [-0.15, -0.1) is 5.10 Å². The molecule has 2 rings (SSSR count). The Bertz CT molecular complexity index is 695. The average Bonchev–Trinajstić information content (AvgIpc) is 2.83. The van der Waals surface area contributed by atoms with Crippen molar-refractivity contribution in [2.75, 3.05) is 4.72 Å². The molecule has 0 aliphatic carbocycles. The largest absolute Gasteiger partial charge is 0.445 e. The van der Waals surface area contributed by atoms with Gasteiger partial charge in [0.15, 0.2) is 0 Å². The number of aryl methyl sites for hydroxylation is 2. The van der Waals surface area contributed by atoms with E-state index in [9.17, 15) is 8.42 Å². The lowest BCUT2D eigenvalue weighted by atomic mass is 10.4. The Morgan fingerprint density at radius 1 is 1.26 bits per heavy atom. The van der Waals surface area contributed by atoms with Gasteiger partial charge in [0.25, 0.3) is 16.0 Å². The zero-order valence-electron chi connectivity index (χ0n) is 10.3. The van der Waals surface area contributed by atoms with E-state index in [0.29, 0.717) is 11.4 Å². The quantitative estimate of drug-likeness (QED) is 0.832. The molecule has 2 heterocycles. The molecule has 0 fully saturated rings. The Balaban J connectivity index is 2.28. The second-order valence-corrected chi connectivity index (χ2v) is 5.40. The molecule has 102 valence electrons. The zero-order valence-corrected chi connectivity index (χ0v) is 11.1. The summed E-state index contributed by atoms with van der Waals surface area (Å²) < 4.78 is 31.0. The molecule has 19 heavy (non-hydrogen) atoms. The third kappa shape index (κ3) is 2.88. The van der Waals surface area contributed by atoms with Crippen molar-refractivity contribution in [1.29, 1.82) is 0 Å². The minimum atomic E-state index is -3.92. The van der Waals surface area contributed by atoms with Crippen molar-refractivity contribution in [2.45, 2.75) is 25.5 Å². The summed E-state index contributed by atoms with van der Waals surface area (Å²) in [7, 11) is -3.92. The Morgan fingerprint density at radius 3 is 2.58 bits per heavy atom. The number of aliphatic hydroxyl groups excluding tert-OH is 1. The second kappa shape index (κ2) is 4.94. The number of nitrogens with zero attached hydrogens (tertiary/aromatic N) is 3. The second-order valence-electron chi connectivity index (χ2n) is 3.79. The van der Waals surface area contributed by atoms with E-state index in [4.69, 9.17) is 9.52 Å². The smallest absolute Gasteiger partial charge is 0.297 e. The van der Waals surface area contributed by atoms with Crippen molar-refractivity contribution in [3.8, 4) is 0 Å². The number of furan rings is 1. The summed E-state index contributed by atoms with van der Waals surface area (Å²) in [5.41, 5.74) is 1.19. The summed E-state index contributed by atoms with van der Waals surface area (Å²) in [4.78, 5) is 3.96. The van der Waals surface area contributed by atoms with Crippen molar-refractivity contribution in [2.24, 2.45) is 0 Å². The SMILES string of the molecule is Cc1nnc(NS(=O)(=O)c2ccc(CO)o2)nc1C. The molecule has 0 atom stereocenters.